The summed E-state index contributed by atoms with van der Waals surface area (Å²) in [7, 11) is 0. The van der Waals surface area contributed by atoms with Crippen LogP contribution in [0, 0.1) is 0 Å². The second-order valence-corrected chi connectivity index (χ2v) is 6.25. The third kappa shape index (κ3) is 2.75. The van der Waals surface area contributed by atoms with E-state index in [1.54, 1.807) is 17.5 Å². The van der Waals surface area contributed by atoms with Crippen molar-refractivity contribution < 1.29 is 4.74 Å². The average molecular weight is 289 g/mol. The van der Waals surface area contributed by atoms with Gasteiger partial charge in [0.2, 0.25) is 0 Å². The Kier molecular flexibility index (Phi) is 3.83. The van der Waals surface area contributed by atoms with Gasteiger partial charge in [-0.1, -0.05) is 6.07 Å². The lowest BCUT2D eigenvalue weighted by Crippen LogP contribution is -2.47. The summed E-state index contributed by atoms with van der Waals surface area (Å²) >= 11 is 1.64. The standard InChI is InChI=1S/C15H19N3OS/c1-11-15(2,6-8-19-11)17-9-12-10-20-14(18-12)13-5-3-4-7-16-13/h3-5,7,10-11,17H,6,8-9H2,1-2H3. The first kappa shape index (κ1) is 13.7. The molecule has 1 saturated heterocycles. The Morgan fingerprint density at radius 1 is 1.50 bits per heavy atom. The highest BCUT2D eigenvalue weighted by molar-refractivity contribution is 7.13. The summed E-state index contributed by atoms with van der Waals surface area (Å²) in [5.74, 6) is 0. The van der Waals surface area contributed by atoms with Gasteiger partial charge >= 0.3 is 0 Å². The zero-order chi connectivity index (χ0) is 14.0. The van der Waals surface area contributed by atoms with E-state index in [2.05, 4.69) is 34.5 Å². The van der Waals surface area contributed by atoms with Gasteiger partial charge in [0.1, 0.15) is 5.01 Å². The minimum Gasteiger partial charge on any atom is -0.377 e. The van der Waals surface area contributed by atoms with Gasteiger partial charge in [-0.05, 0) is 32.4 Å². The summed E-state index contributed by atoms with van der Waals surface area (Å²) in [5.41, 5.74) is 2.05. The second-order valence-electron chi connectivity index (χ2n) is 5.39. The minimum atomic E-state index is 0.0504. The van der Waals surface area contributed by atoms with Crippen molar-refractivity contribution >= 4 is 11.3 Å². The number of nitrogens with one attached hydrogen (secondary N) is 1. The van der Waals surface area contributed by atoms with Crippen LogP contribution in [0.2, 0.25) is 0 Å². The van der Waals surface area contributed by atoms with Gasteiger partial charge in [0.25, 0.3) is 0 Å². The van der Waals surface area contributed by atoms with Crippen LogP contribution in [0.25, 0.3) is 10.7 Å². The third-order valence-corrected chi connectivity index (χ3v) is 4.91. The summed E-state index contributed by atoms with van der Waals surface area (Å²) in [6.45, 7) is 5.95. The van der Waals surface area contributed by atoms with Crippen molar-refractivity contribution in [1.82, 2.24) is 15.3 Å². The first-order valence-corrected chi connectivity index (χ1v) is 7.78. The molecule has 3 rings (SSSR count). The predicted molar refractivity (Wildman–Crippen MR) is 80.6 cm³/mol. The van der Waals surface area contributed by atoms with E-state index in [0.29, 0.717) is 0 Å². The van der Waals surface area contributed by atoms with Crippen LogP contribution in [0.1, 0.15) is 26.0 Å². The van der Waals surface area contributed by atoms with Crippen LogP contribution in [0.5, 0.6) is 0 Å². The van der Waals surface area contributed by atoms with E-state index >= 15 is 0 Å². The van der Waals surface area contributed by atoms with Crippen LogP contribution in [-0.4, -0.2) is 28.2 Å². The Bertz CT molecular complexity index is 572. The molecule has 2 atom stereocenters. The van der Waals surface area contributed by atoms with Crippen LogP contribution in [0.15, 0.2) is 29.8 Å². The molecule has 3 heterocycles. The largest absolute Gasteiger partial charge is 0.377 e. The lowest BCUT2D eigenvalue weighted by Gasteiger charge is -2.28. The number of nitrogens with zero attached hydrogens (tertiary/aromatic N) is 2. The Labute approximate surface area is 123 Å². The fourth-order valence-electron chi connectivity index (χ4n) is 2.35. The van der Waals surface area contributed by atoms with E-state index in [-0.39, 0.29) is 11.6 Å². The number of hydrogen-bond donors (Lipinski definition) is 1. The van der Waals surface area contributed by atoms with E-state index in [9.17, 15) is 0 Å². The molecule has 2 unspecified atom stereocenters. The maximum atomic E-state index is 5.64. The van der Waals surface area contributed by atoms with E-state index in [4.69, 9.17) is 4.74 Å². The molecule has 0 saturated carbocycles. The highest BCUT2D eigenvalue weighted by Crippen LogP contribution is 2.26. The van der Waals surface area contributed by atoms with Crippen molar-refractivity contribution in [3.63, 3.8) is 0 Å². The molecule has 1 fully saturated rings. The van der Waals surface area contributed by atoms with Crippen LogP contribution >= 0.6 is 11.3 Å². The molecule has 0 spiro atoms. The summed E-state index contributed by atoms with van der Waals surface area (Å²) in [6, 6.07) is 5.90. The zero-order valence-corrected chi connectivity index (χ0v) is 12.6. The summed E-state index contributed by atoms with van der Waals surface area (Å²) in [4.78, 5) is 8.98. The number of ether oxygens (including phenoxy) is 1. The molecule has 0 aliphatic carbocycles. The van der Waals surface area contributed by atoms with E-state index in [1.807, 2.05) is 18.2 Å². The highest BCUT2D eigenvalue weighted by atomic mass is 32.1. The Morgan fingerprint density at radius 3 is 3.10 bits per heavy atom. The third-order valence-electron chi connectivity index (χ3n) is 4.00. The van der Waals surface area contributed by atoms with Crippen LogP contribution in [-0.2, 0) is 11.3 Å². The molecule has 1 aliphatic heterocycles. The predicted octanol–water partition coefficient (Wildman–Crippen LogP) is 2.86. The molecule has 1 N–H and O–H groups in total. The molecule has 106 valence electrons. The minimum absolute atomic E-state index is 0.0504. The van der Waals surface area contributed by atoms with E-state index in [1.165, 1.54) is 0 Å². The summed E-state index contributed by atoms with van der Waals surface area (Å²) in [5, 5.41) is 6.66. The van der Waals surface area contributed by atoms with E-state index in [0.717, 1.165) is 36.0 Å². The molecule has 2 aromatic heterocycles. The first-order valence-electron chi connectivity index (χ1n) is 6.90. The monoisotopic (exact) mass is 289 g/mol. The lowest BCUT2D eigenvalue weighted by molar-refractivity contribution is 0.0880. The molecule has 0 aromatic carbocycles. The van der Waals surface area contributed by atoms with E-state index < -0.39 is 0 Å². The van der Waals surface area contributed by atoms with Crippen molar-refractivity contribution in [2.24, 2.45) is 0 Å². The fourth-order valence-corrected chi connectivity index (χ4v) is 3.15. The molecule has 0 bridgehead atoms. The van der Waals surface area contributed by atoms with Gasteiger partial charge < -0.3 is 10.1 Å². The van der Waals surface area contributed by atoms with Gasteiger partial charge in [-0.25, -0.2) is 4.98 Å². The quantitative estimate of drug-likeness (QED) is 0.940. The lowest BCUT2D eigenvalue weighted by atomic mass is 9.95. The van der Waals surface area contributed by atoms with Crippen LogP contribution < -0.4 is 5.32 Å². The van der Waals surface area contributed by atoms with Crippen molar-refractivity contribution in [2.45, 2.75) is 38.5 Å². The molecule has 1 aliphatic rings. The number of pyridine rings is 1. The Hall–Kier alpha value is -1.30. The summed E-state index contributed by atoms with van der Waals surface area (Å²) < 4.78 is 5.64. The smallest absolute Gasteiger partial charge is 0.142 e. The van der Waals surface area contributed by atoms with Crippen molar-refractivity contribution in [3.05, 3.63) is 35.5 Å². The molecule has 4 nitrogen and oxygen atoms in total. The van der Waals surface area contributed by atoms with Crippen LogP contribution in [0.3, 0.4) is 0 Å². The van der Waals surface area contributed by atoms with Gasteiger partial charge in [-0.15, -0.1) is 11.3 Å². The SMILES string of the molecule is CC1OCCC1(C)NCc1csc(-c2ccccn2)n1. The normalized spacial score (nSPS) is 26.0. The molecular weight excluding hydrogens is 270 g/mol. The van der Waals surface area contributed by atoms with Gasteiger partial charge in [-0.3, -0.25) is 4.98 Å². The van der Waals surface area contributed by atoms with Gasteiger partial charge in [0.05, 0.1) is 17.5 Å². The summed E-state index contributed by atoms with van der Waals surface area (Å²) in [6.07, 6.45) is 3.09. The molecule has 0 amide bonds. The van der Waals surface area contributed by atoms with Crippen molar-refractivity contribution in [3.8, 4) is 10.7 Å². The zero-order valence-electron chi connectivity index (χ0n) is 11.8. The van der Waals surface area contributed by atoms with Crippen molar-refractivity contribution in [2.75, 3.05) is 6.61 Å². The van der Waals surface area contributed by atoms with Crippen molar-refractivity contribution in [1.29, 1.82) is 0 Å². The fraction of sp³-hybridized carbons (Fsp3) is 0.467. The molecule has 0 radical (unpaired) electrons. The maximum Gasteiger partial charge on any atom is 0.142 e. The second kappa shape index (κ2) is 5.60. The average Bonchev–Trinajstić information content (AvgIpc) is 3.06. The molecular formula is C15H19N3OS. The van der Waals surface area contributed by atoms with Gasteiger partial charge in [-0.2, -0.15) is 0 Å². The topological polar surface area (TPSA) is 47.0 Å². The number of hydrogen-bond acceptors (Lipinski definition) is 5. The van der Waals surface area contributed by atoms with Gasteiger partial charge in [0.15, 0.2) is 0 Å². The Morgan fingerprint density at radius 2 is 2.40 bits per heavy atom. The molecule has 2 aromatic rings. The maximum absolute atomic E-state index is 5.64. The Balaban J connectivity index is 1.66. The molecule has 20 heavy (non-hydrogen) atoms. The highest BCUT2D eigenvalue weighted by Gasteiger charge is 2.36. The van der Waals surface area contributed by atoms with Crippen LogP contribution in [0.4, 0.5) is 0 Å². The molecule has 5 heteroatoms. The van der Waals surface area contributed by atoms with Gasteiger partial charge in [0, 0.05) is 30.3 Å². The number of thiazole rings is 1. The number of aromatic nitrogens is 2. The first-order chi connectivity index (χ1) is 9.67. The number of rotatable bonds is 4.